The number of hydrogen-bond acceptors (Lipinski definition) is 4. The number of rotatable bonds is 7. The molecule has 0 aromatic heterocycles. The lowest BCUT2D eigenvalue weighted by atomic mass is 10.0. The van der Waals surface area contributed by atoms with E-state index in [1.165, 1.54) is 4.90 Å². The van der Waals surface area contributed by atoms with Crippen molar-refractivity contribution in [2.24, 2.45) is 5.92 Å². The quantitative estimate of drug-likeness (QED) is 0.627. The monoisotopic (exact) mass is 410 g/mol. The van der Waals surface area contributed by atoms with E-state index < -0.39 is 10.0 Å². The van der Waals surface area contributed by atoms with Crippen molar-refractivity contribution in [3.05, 3.63) is 29.8 Å². The van der Waals surface area contributed by atoms with Gasteiger partial charge in [-0.15, -0.1) is 0 Å². The van der Waals surface area contributed by atoms with Crippen molar-refractivity contribution in [3.63, 3.8) is 0 Å². The minimum Gasteiger partial charge on any atom is -0.370 e. The SMILES string of the molecule is CC1CCN(S(=O)(=O)c2ccc(C(=O)NCCC[NH+]3CCOCC3)cc2)CC1. The van der Waals surface area contributed by atoms with Crippen LogP contribution in [0.1, 0.15) is 36.5 Å². The molecule has 0 radical (unpaired) electrons. The minimum absolute atomic E-state index is 0.160. The molecule has 0 bridgehead atoms. The van der Waals surface area contributed by atoms with E-state index in [0.29, 0.717) is 31.1 Å². The van der Waals surface area contributed by atoms with E-state index in [4.69, 9.17) is 4.74 Å². The van der Waals surface area contributed by atoms with Crippen LogP contribution in [0.3, 0.4) is 0 Å². The normalized spacial score (nSPS) is 20.2. The summed E-state index contributed by atoms with van der Waals surface area (Å²) in [6, 6.07) is 6.28. The summed E-state index contributed by atoms with van der Waals surface area (Å²) >= 11 is 0. The summed E-state index contributed by atoms with van der Waals surface area (Å²) < 4.78 is 32.4. The number of carbonyl (C=O) groups is 1. The number of quaternary nitrogens is 1. The standard InChI is InChI=1S/C20H31N3O4S/c1-17-7-11-23(12-8-17)28(25,26)19-5-3-18(4-6-19)20(24)21-9-2-10-22-13-15-27-16-14-22/h3-6,17H,2,7-16H2,1H3,(H,21,24)/p+1. The maximum Gasteiger partial charge on any atom is 0.251 e. The highest BCUT2D eigenvalue weighted by atomic mass is 32.2. The number of hydrogen-bond donors (Lipinski definition) is 2. The van der Waals surface area contributed by atoms with Crippen molar-refractivity contribution < 1.29 is 22.8 Å². The summed E-state index contributed by atoms with van der Waals surface area (Å²) in [5.74, 6) is 0.412. The smallest absolute Gasteiger partial charge is 0.251 e. The van der Waals surface area contributed by atoms with Crippen LogP contribution in [0.4, 0.5) is 0 Å². The van der Waals surface area contributed by atoms with Crippen LogP contribution in [0.25, 0.3) is 0 Å². The first-order chi connectivity index (χ1) is 13.5. The summed E-state index contributed by atoms with van der Waals surface area (Å²) in [4.78, 5) is 14.1. The molecule has 0 atom stereocenters. The molecule has 2 aliphatic heterocycles. The average Bonchev–Trinajstić information content (AvgIpc) is 2.72. The van der Waals surface area contributed by atoms with E-state index in [0.717, 1.165) is 52.1 Å². The summed E-state index contributed by atoms with van der Waals surface area (Å²) in [7, 11) is -3.47. The molecule has 2 aliphatic rings. The van der Waals surface area contributed by atoms with E-state index in [1.54, 1.807) is 28.6 Å². The minimum atomic E-state index is -3.47. The molecule has 1 amide bonds. The van der Waals surface area contributed by atoms with Crippen molar-refractivity contribution in [2.75, 3.05) is 52.5 Å². The highest BCUT2D eigenvalue weighted by Gasteiger charge is 2.28. The maximum atomic E-state index is 12.8. The van der Waals surface area contributed by atoms with Gasteiger partial charge in [0.1, 0.15) is 13.1 Å². The Bertz CT molecular complexity index is 737. The number of piperidine rings is 1. The molecule has 1 aromatic rings. The largest absolute Gasteiger partial charge is 0.370 e. The molecule has 2 N–H and O–H groups in total. The fourth-order valence-corrected chi connectivity index (χ4v) is 5.17. The first-order valence-corrected chi connectivity index (χ1v) is 11.7. The summed E-state index contributed by atoms with van der Waals surface area (Å²) in [6.45, 7) is 8.61. The third kappa shape index (κ3) is 5.53. The lowest BCUT2D eigenvalue weighted by molar-refractivity contribution is -0.908. The number of sulfonamides is 1. The molecule has 2 heterocycles. The predicted molar refractivity (Wildman–Crippen MR) is 107 cm³/mol. The number of benzene rings is 1. The topological polar surface area (TPSA) is 80.2 Å². The zero-order valence-electron chi connectivity index (χ0n) is 16.7. The van der Waals surface area contributed by atoms with Crippen molar-refractivity contribution in [2.45, 2.75) is 31.1 Å². The molecule has 28 heavy (non-hydrogen) atoms. The first kappa shape index (κ1) is 21.2. The molecule has 0 unspecified atom stereocenters. The fourth-order valence-electron chi connectivity index (χ4n) is 3.71. The van der Waals surface area contributed by atoms with Crippen LogP contribution in [0.5, 0.6) is 0 Å². The van der Waals surface area contributed by atoms with Gasteiger partial charge in [0.05, 0.1) is 24.7 Å². The lowest BCUT2D eigenvalue weighted by Crippen LogP contribution is -3.14. The highest BCUT2D eigenvalue weighted by Crippen LogP contribution is 2.23. The van der Waals surface area contributed by atoms with E-state index in [1.807, 2.05) is 0 Å². The van der Waals surface area contributed by atoms with Crippen LogP contribution in [0.2, 0.25) is 0 Å². The van der Waals surface area contributed by atoms with Gasteiger partial charge in [-0.05, 0) is 43.0 Å². The molecule has 3 rings (SSSR count). The number of ether oxygens (including phenoxy) is 1. The molecule has 1 aromatic carbocycles. The van der Waals surface area contributed by atoms with Crippen LogP contribution in [0.15, 0.2) is 29.2 Å². The number of morpholine rings is 1. The van der Waals surface area contributed by atoms with Crippen LogP contribution >= 0.6 is 0 Å². The van der Waals surface area contributed by atoms with Gasteiger partial charge >= 0.3 is 0 Å². The van der Waals surface area contributed by atoms with Gasteiger partial charge in [0.2, 0.25) is 10.0 Å². The van der Waals surface area contributed by atoms with Gasteiger partial charge in [-0.3, -0.25) is 4.79 Å². The van der Waals surface area contributed by atoms with Crippen LogP contribution in [-0.4, -0.2) is 71.1 Å². The molecule has 7 nitrogen and oxygen atoms in total. The Hall–Kier alpha value is -1.48. The molecule has 2 saturated heterocycles. The molecule has 0 aliphatic carbocycles. The van der Waals surface area contributed by atoms with Gasteiger partial charge in [0.15, 0.2) is 0 Å². The Morgan fingerprint density at radius 2 is 1.82 bits per heavy atom. The summed E-state index contributed by atoms with van der Waals surface area (Å²) in [6.07, 6.45) is 2.71. The third-order valence-electron chi connectivity index (χ3n) is 5.69. The molecule has 156 valence electrons. The maximum absolute atomic E-state index is 12.8. The number of nitrogens with one attached hydrogen (secondary N) is 2. The molecular weight excluding hydrogens is 378 g/mol. The van der Waals surface area contributed by atoms with Crippen molar-refractivity contribution in [1.29, 1.82) is 0 Å². The zero-order chi connectivity index (χ0) is 20.0. The van der Waals surface area contributed by atoms with Crippen molar-refractivity contribution in [3.8, 4) is 0 Å². The second kappa shape index (κ2) is 9.82. The van der Waals surface area contributed by atoms with Crippen molar-refractivity contribution in [1.82, 2.24) is 9.62 Å². The fraction of sp³-hybridized carbons (Fsp3) is 0.650. The first-order valence-electron chi connectivity index (χ1n) is 10.3. The van der Waals surface area contributed by atoms with E-state index in [2.05, 4.69) is 12.2 Å². The number of amides is 1. The van der Waals surface area contributed by atoms with E-state index in [9.17, 15) is 13.2 Å². The van der Waals surface area contributed by atoms with E-state index in [-0.39, 0.29) is 10.8 Å². The molecule has 0 saturated carbocycles. The summed E-state index contributed by atoms with van der Waals surface area (Å²) in [5, 5.41) is 2.92. The number of nitrogens with zero attached hydrogens (tertiary/aromatic N) is 1. The second-order valence-electron chi connectivity index (χ2n) is 7.83. The predicted octanol–water partition coefficient (Wildman–Crippen LogP) is 0.142. The average molecular weight is 411 g/mol. The Morgan fingerprint density at radius 3 is 2.46 bits per heavy atom. The van der Waals surface area contributed by atoms with Crippen LogP contribution in [-0.2, 0) is 14.8 Å². The van der Waals surface area contributed by atoms with Gasteiger partial charge in [0.25, 0.3) is 5.91 Å². The lowest BCUT2D eigenvalue weighted by Gasteiger charge is -2.29. The Morgan fingerprint density at radius 1 is 1.18 bits per heavy atom. The van der Waals surface area contributed by atoms with E-state index >= 15 is 0 Å². The molecular formula is C20H32N3O4S+. The zero-order valence-corrected chi connectivity index (χ0v) is 17.5. The van der Waals surface area contributed by atoms with Gasteiger partial charge in [-0.1, -0.05) is 6.92 Å². The van der Waals surface area contributed by atoms with Gasteiger partial charge in [0, 0.05) is 31.6 Å². The highest BCUT2D eigenvalue weighted by molar-refractivity contribution is 7.89. The molecule has 0 spiro atoms. The van der Waals surface area contributed by atoms with Gasteiger partial charge in [-0.2, -0.15) is 4.31 Å². The van der Waals surface area contributed by atoms with Gasteiger partial charge in [-0.25, -0.2) is 8.42 Å². The van der Waals surface area contributed by atoms with Crippen molar-refractivity contribution >= 4 is 15.9 Å². The second-order valence-corrected chi connectivity index (χ2v) is 9.77. The third-order valence-corrected chi connectivity index (χ3v) is 7.60. The van der Waals surface area contributed by atoms with Gasteiger partial charge < -0.3 is 15.0 Å². The number of carbonyl (C=O) groups excluding carboxylic acids is 1. The molecule has 8 heteroatoms. The molecule has 2 fully saturated rings. The van der Waals surface area contributed by atoms with Crippen LogP contribution in [0, 0.1) is 5.92 Å². The van der Waals surface area contributed by atoms with Crippen LogP contribution < -0.4 is 10.2 Å². The Balaban J connectivity index is 1.48. The summed E-state index contributed by atoms with van der Waals surface area (Å²) in [5.41, 5.74) is 0.491. The Labute approximate surface area is 168 Å². The Kier molecular flexibility index (Phi) is 7.45.